The molecule has 3 fully saturated rings. The second-order valence-corrected chi connectivity index (χ2v) is 10.6. The van der Waals surface area contributed by atoms with Gasteiger partial charge in [0, 0.05) is 25.2 Å². The fourth-order valence-corrected chi connectivity index (χ4v) is 7.44. The van der Waals surface area contributed by atoms with Gasteiger partial charge < -0.3 is 14.9 Å². The molecule has 4 heteroatoms. The van der Waals surface area contributed by atoms with Gasteiger partial charge in [0.1, 0.15) is 6.10 Å². The van der Waals surface area contributed by atoms with Crippen LogP contribution in [0.4, 0.5) is 0 Å². The molecule has 3 saturated carbocycles. The van der Waals surface area contributed by atoms with Crippen molar-refractivity contribution >= 4 is 5.97 Å². The summed E-state index contributed by atoms with van der Waals surface area (Å²) in [5, 5.41) is 22.9. The summed E-state index contributed by atoms with van der Waals surface area (Å²) in [6.45, 7) is 14.2. The summed E-state index contributed by atoms with van der Waals surface area (Å²) in [6, 6.07) is 0. The maximum Gasteiger partial charge on any atom is 0.302 e. The number of carbonyl (C=O) groups excluding carboxylic acids is 1. The van der Waals surface area contributed by atoms with Crippen LogP contribution in [-0.4, -0.2) is 34.0 Å². The maximum atomic E-state index is 11.8. The van der Waals surface area contributed by atoms with Gasteiger partial charge >= 0.3 is 5.97 Å². The van der Waals surface area contributed by atoms with E-state index < -0.39 is 11.7 Å². The lowest BCUT2D eigenvalue weighted by atomic mass is 9.40. The minimum atomic E-state index is -1.04. The van der Waals surface area contributed by atoms with Crippen LogP contribution in [0.2, 0.25) is 0 Å². The zero-order valence-corrected chi connectivity index (χ0v) is 17.0. The number of hydrogen-bond acceptors (Lipinski definition) is 4. The zero-order chi connectivity index (χ0) is 19.5. The summed E-state index contributed by atoms with van der Waals surface area (Å²) in [5.74, 6) is -0.344. The van der Waals surface area contributed by atoms with Crippen LogP contribution in [0.5, 0.6) is 0 Å². The summed E-state index contributed by atoms with van der Waals surface area (Å²) in [6.07, 6.45) is 5.68. The van der Waals surface area contributed by atoms with Crippen molar-refractivity contribution in [3.8, 4) is 0 Å². The zero-order valence-electron chi connectivity index (χ0n) is 17.0. The van der Waals surface area contributed by atoms with E-state index in [1.165, 1.54) is 6.92 Å². The van der Waals surface area contributed by atoms with Crippen LogP contribution >= 0.6 is 0 Å². The number of fused-ring (bicyclic) bond motifs is 3. The number of aliphatic hydroxyl groups is 2. The largest absolute Gasteiger partial charge is 0.462 e. The molecule has 0 aromatic rings. The van der Waals surface area contributed by atoms with E-state index in [1.807, 2.05) is 6.08 Å². The van der Waals surface area contributed by atoms with Gasteiger partial charge in [0.2, 0.25) is 0 Å². The highest BCUT2D eigenvalue weighted by Gasteiger charge is 2.67. The molecule has 4 nitrogen and oxygen atoms in total. The van der Waals surface area contributed by atoms with Crippen molar-refractivity contribution in [1.29, 1.82) is 0 Å². The third kappa shape index (κ3) is 2.93. The molecule has 26 heavy (non-hydrogen) atoms. The Hall–Kier alpha value is -0.870. The van der Waals surface area contributed by atoms with Gasteiger partial charge in [0.05, 0.1) is 11.7 Å². The Morgan fingerprint density at radius 3 is 2.38 bits per heavy atom. The molecule has 0 heterocycles. The van der Waals surface area contributed by atoms with Crippen LogP contribution in [0.3, 0.4) is 0 Å². The molecule has 148 valence electrons. The van der Waals surface area contributed by atoms with E-state index in [-0.39, 0.29) is 40.2 Å². The molecule has 0 aromatic carbocycles. The molecule has 0 spiro atoms. The number of hydrogen-bond donors (Lipinski definition) is 2. The number of aliphatic hydroxyl groups excluding tert-OH is 1. The number of esters is 1. The Kier molecular flexibility index (Phi) is 4.64. The quantitative estimate of drug-likeness (QED) is 0.577. The van der Waals surface area contributed by atoms with Gasteiger partial charge in [0.25, 0.3) is 0 Å². The molecule has 0 bridgehead atoms. The normalized spacial score (nSPS) is 50.3. The molecule has 3 aliphatic carbocycles. The fourth-order valence-electron chi connectivity index (χ4n) is 7.44. The van der Waals surface area contributed by atoms with Crippen molar-refractivity contribution < 1.29 is 19.7 Å². The fraction of sp³-hybridized carbons (Fsp3) is 0.864. The molecule has 3 rings (SSSR count). The van der Waals surface area contributed by atoms with Crippen molar-refractivity contribution in [3.05, 3.63) is 12.7 Å². The molecule has 7 atom stereocenters. The first kappa shape index (κ1) is 19.9. The molecule has 0 amide bonds. The van der Waals surface area contributed by atoms with Crippen LogP contribution in [0.15, 0.2) is 12.7 Å². The summed E-state index contributed by atoms with van der Waals surface area (Å²) in [5.41, 5.74) is -1.59. The minimum Gasteiger partial charge on any atom is -0.462 e. The first-order valence-corrected chi connectivity index (χ1v) is 10.1. The third-order valence-electron chi connectivity index (χ3n) is 7.89. The van der Waals surface area contributed by atoms with Crippen molar-refractivity contribution in [1.82, 2.24) is 0 Å². The van der Waals surface area contributed by atoms with Crippen LogP contribution in [0.1, 0.15) is 73.1 Å². The highest BCUT2D eigenvalue weighted by Crippen LogP contribution is 2.66. The number of allylic oxidation sites excluding steroid dienone is 1. The summed E-state index contributed by atoms with van der Waals surface area (Å²) < 4.78 is 5.81. The van der Waals surface area contributed by atoms with E-state index in [0.717, 1.165) is 19.3 Å². The Morgan fingerprint density at radius 2 is 1.81 bits per heavy atom. The molecule has 0 aromatic heterocycles. The van der Waals surface area contributed by atoms with E-state index in [9.17, 15) is 15.0 Å². The van der Waals surface area contributed by atoms with E-state index in [1.54, 1.807) is 0 Å². The number of rotatable bonds is 2. The lowest BCUT2D eigenvalue weighted by Crippen LogP contribution is -2.69. The van der Waals surface area contributed by atoms with Crippen molar-refractivity contribution in [2.75, 3.05) is 0 Å². The number of ether oxygens (including phenoxy) is 1. The number of carbonyl (C=O) groups is 1. The van der Waals surface area contributed by atoms with Gasteiger partial charge in [-0.1, -0.05) is 40.2 Å². The molecule has 0 unspecified atom stereocenters. The molecule has 3 aliphatic rings. The highest BCUT2D eigenvalue weighted by molar-refractivity contribution is 5.66. The van der Waals surface area contributed by atoms with Crippen LogP contribution < -0.4 is 0 Å². The van der Waals surface area contributed by atoms with Gasteiger partial charge in [-0.25, -0.2) is 0 Å². The van der Waals surface area contributed by atoms with Crippen molar-refractivity contribution in [2.24, 2.45) is 28.1 Å². The standard InChI is InChI=1S/C22H36O4/c1-7-20(5)11-15(24)17-21(6)10-8-9-19(3,4)18(21)16(26-14(2)23)12-22(17,25)13-20/h7,15-18,24-25H,1,8-13H2,2-6H3/t15-,16-,17-,18+,20+,21-,22-/m1/s1. The lowest BCUT2D eigenvalue weighted by Gasteiger charge is -2.67. The van der Waals surface area contributed by atoms with E-state index in [4.69, 9.17) is 4.74 Å². The van der Waals surface area contributed by atoms with E-state index in [0.29, 0.717) is 19.3 Å². The molecular weight excluding hydrogens is 328 g/mol. The summed E-state index contributed by atoms with van der Waals surface area (Å²) in [7, 11) is 0. The molecule has 0 radical (unpaired) electrons. The van der Waals surface area contributed by atoms with Crippen molar-refractivity contribution in [3.63, 3.8) is 0 Å². The van der Waals surface area contributed by atoms with Gasteiger partial charge in [0.15, 0.2) is 0 Å². The molecular formula is C22H36O4. The third-order valence-corrected chi connectivity index (χ3v) is 7.89. The first-order chi connectivity index (χ1) is 11.9. The summed E-state index contributed by atoms with van der Waals surface area (Å²) >= 11 is 0. The highest BCUT2D eigenvalue weighted by atomic mass is 16.5. The second-order valence-electron chi connectivity index (χ2n) is 10.6. The summed E-state index contributed by atoms with van der Waals surface area (Å²) in [4.78, 5) is 11.8. The van der Waals surface area contributed by atoms with Gasteiger partial charge in [-0.15, -0.1) is 6.58 Å². The first-order valence-electron chi connectivity index (χ1n) is 10.1. The van der Waals surface area contributed by atoms with Crippen LogP contribution in [0.25, 0.3) is 0 Å². The smallest absolute Gasteiger partial charge is 0.302 e. The lowest BCUT2D eigenvalue weighted by molar-refractivity contribution is -0.269. The Balaban J connectivity index is 2.10. The SMILES string of the molecule is C=C[C@@]1(C)C[C@@H](O)[C@H]2[C@@](O)(C[C@@H](OC(C)=O)[C@H]3C(C)(C)CCC[C@@]32C)C1. The Morgan fingerprint density at radius 1 is 1.15 bits per heavy atom. The molecule has 0 aliphatic heterocycles. The molecule has 2 N–H and O–H groups in total. The average molecular weight is 365 g/mol. The predicted molar refractivity (Wildman–Crippen MR) is 101 cm³/mol. The molecule has 0 saturated heterocycles. The topological polar surface area (TPSA) is 66.8 Å². The van der Waals surface area contributed by atoms with E-state index >= 15 is 0 Å². The Bertz CT molecular complexity index is 599. The minimum absolute atomic E-state index is 0.00730. The van der Waals surface area contributed by atoms with Crippen LogP contribution in [0, 0.1) is 28.1 Å². The van der Waals surface area contributed by atoms with Gasteiger partial charge in [-0.3, -0.25) is 4.79 Å². The second kappa shape index (κ2) is 6.07. The van der Waals surface area contributed by atoms with Gasteiger partial charge in [-0.2, -0.15) is 0 Å². The monoisotopic (exact) mass is 364 g/mol. The van der Waals surface area contributed by atoms with E-state index in [2.05, 4.69) is 34.3 Å². The van der Waals surface area contributed by atoms with Crippen LogP contribution in [-0.2, 0) is 9.53 Å². The van der Waals surface area contributed by atoms with Crippen molar-refractivity contribution in [2.45, 2.75) is 91.0 Å². The Labute approximate surface area is 158 Å². The maximum absolute atomic E-state index is 11.8. The van der Waals surface area contributed by atoms with Gasteiger partial charge in [-0.05, 0) is 41.9 Å². The predicted octanol–water partition coefficient (Wildman–Crippen LogP) is 3.85. The average Bonchev–Trinajstić information content (AvgIpc) is 2.42.